The molecule has 0 aliphatic heterocycles. The molecule has 0 radical (unpaired) electrons. The second-order valence-electron chi connectivity index (χ2n) is 4.25. The highest BCUT2D eigenvalue weighted by atomic mass is 35.5. The Balaban J connectivity index is 3.04. The third kappa shape index (κ3) is 3.62. The molecule has 0 spiro atoms. The van der Waals surface area contributed by atoms with Gasteiger partial charge in [0, 0.05) is 0 Å². The average Bonchev–Trinajstić information content (AvgIpc) is 2.31. The quantitative estimate of drug-likeness (QED) is 0.837. The lowest BCUT2D eigenvalue weighted by atomic mass is 9.90. The molecular weight excluding hydrogens is 234 g/mol. The number of rotatable bonds is 6. The van der Waals surface area contributed by atoms with E-state index >= 15 is 0 Å². The first-order valence-corrected chi connectivity index (χ1v) is 6.64. The zero-order valence-corrected chi connectivity index (χ0v) is 11.7. The lowest BCUT2D eigenvalue weighted by Gasteiger charge is -2.18. The molecule has 0 aliphatic carbocycles. The van der Waals surface area contributed by atoms with E-state index in [1.807, 2.05) is 19.1 Å². The van der Waals surface area contributed by atoms with Crippen LogP contribution in [0.4, 0.5) is 0 Å². The van der Waals surface area contributed by atoms with Gasteiger partial charge in [-0.1, -0.05) is 18.5 Å². The van der Waals surface area contributed by atoms with E-state index in [0.717, 1.165) is 18.6 Å². The molecule has 17 heavy (non-hydrogen) atoms. The van der Waals surface area contributed by atoms with Crippen molar-refractivity contribution in [2.75, 3.05) is 13.2 Å². The van der Waals surface area contributed by atoms with Gasteiger partial charge in [0.2, 0.25) is 0 Å². The van der Waals surface area contributed by atoms with E-state index in [0.29, 0.717) is 24.1 Å². The van der Waals surface area contributed by atoms with Crippen LogP contribution in [-0.2, 0) is 0 Å². The van der Waals surface area contributed by atoms with Crippen LogP contribution in [-0.4, -0.2) is 13.2 Å². The fourth-order valence-corrected chi connectivity index (χ4v) is 2.38. The van der Waals surface area contributed by atoms with Gasteiger partial charge in [-0.15, -0.1) is 0 Å². The first-order chi connectivity index (χ1) is 8.13. The van der Waals surface area contributed by atoms with Crippen LogP contribution in [0.5, 0.6) is 5.75 Å². The molecular formula is C14H22ClNO. The molecule has 3 heteroatoms. The Morgan fingerprint density at radius 2 is 2.06 bits per heavy atom. The minimum absolute atomic E-state index is 0.494. The van der Waals surface area contributed by atoms with E-state index in [4.69, 9.17) is 22.1 Å². The third-order valence-corrected chi connectivity index (χ3v) is 3.36. The van der Waals surface area contributed by atoms with Crippen LogP contribution in [0.3, 0.4) is 0 Å². The summed E-state index contributed by atoms with van der Waals surface area (Å²) < 4.78 is 5.49. The second-order valence-corrected chi connectivity index (χ2v) is 4.66. The van der Waals surface area contributed by atoms with Crippen LogP contribution in [0.15, 0.2) is 12.1 Å². The average molecular weight is 256 g/mol. The normalized spacial score (nSPS) is 12.5. The number of benzene rings is 1. The van der Waals surface area contributed by atoms with Gasteiger partial charge in [-0.25, -0.2) is 0 Å². The predicted octanol–water partition coefficient (Wildman–Crippen LogP) is 3.89. The molecule has 0 aromatic heterocycles. The summed E-state index contributed by atoms with van der Waals surface area (Å²) >= 11 is 6.23. The first-order valence-electron chi connectivity index (χ1n) is 6.26. The maximum absolute atomic E-state index is 6.23. The van der Waals surface area contributed by atoms with Crippen LogP contribution in [0, 0.1) is 6.92 Å². The summed E-state index contributed by atoms with van der Waals surface area (Å²) in [5.41, 5.74) is 8.18. The highest BCUT2D eigenvalue weighted by Crippen LogP contribution is 2.34. The Morgan fingerprint density at radius 3 is 2.59 bits per heavy atom. The zero-order valence-electron chi connectivity index (χ0n) is 10.9. The van der Waals surface area contributed by atoms with Crippen LogP contribution in [0.2, 0.25) is 5.02 Å². The number of nitrogens with two attached hydrogens (primary N) is 1. The Morgan fingerprint density at radius 1 is 1.35 bits per heavy atom. The maximum atomic E-state index is 6.23. The molecule has 1 aromatic carbocycles. The molecule has 96 valence electrons. The Kier molecular flexibility index (Phi) is 5.79. The van der Waals surface area contributed by atoms with Crippen molar-refractivity contribution in [1.29, 1.82) is 0 Å². The fraction of sp³-hybridized carbons (Fsp3) is 0.571. The van der Waals surface area contributed by atoms with Gasteiger partial charge in [0.05, 0.1) is 11.6 Å². The van der Waals surface area contributed by atoms with E-state index in [1.165, 1.54) is 11.1 Å². The van der Waals surface area contributed by atoms with Gasteiger partial charge in [0.15, 0.2) is 0 Å². The van der Waals surface area contributed by atoms with Gasteiger partial charge in [-0.3, -0.25) is 0 Å². The number of halogens is 1. The molecule has 0 saturated heterocycles. The van der Waals surface area contributed by atoms with E-state index in [2.05, 4.69) is 13.8 Å². The molecule has 2 N–H and O–H groups in total. The molecule has 0 heterocycles. The highest BCUT2D eigenvalue weighted by Gasteiger charge is 2.14. The van der Waals surface area contributed by atoms with E-state index in [1.54, 1.807) is 0 Å². The molecule has 1 atom stereocenters. The van der Waals surface area contributed by atoms with Crippen LogP contribution in [0.25, 0.3) is 0 Å². The number of ether oxygens (including phenoxy) is 1. The maximum Gasteiger partial charge on any atom is 0.138 e. The lowest BCUT2D eigenvalue weighted by Crippen LogP contribution is -2.08. The number of hydrogen-bond donors (Lipinski definition) is 1. The van der Waals surface area contributed by atoms with Crippen molar-refractivity contribution in [3.63, 3.8) is 0 Å². The molecule has 0 fully saturated rings. The summed E-state index contributed by atoms with van der Waals surface area (Å²) in [5, 5.41) is 0.697. The Bertz CT molecular complexity index is 365. The molecule has 1 aromatic rings. The third-order valence-electron chi connectivity index (χ3n) is 3.07. The smallest absolute Gasteiger partial charge is 0.138 e. The standard InChI is InChI=1S/C14H22ClNO/c1-4-11(6-7-16)12-9-13(15)14(17-5-2)8-10(12)3/h8-9,11H,4-7,16H2,1-3H3. The summed E-state index contributed by atoms with van der Waals surface area (Å²) in [6.07, 6.45) is 2.09. The van der Waals surface area contributed by atoms with E-state index in [-0.39, 0.29) is 0 Å². The predicted molar refractivity (Wildman–Crippen MR) is 74.1 cm³/mol. The number of hydrogen-bond acceptors (Lipinski definition) is 2. The topological polar surface area (TPSA) is 35.2 Å². The van der Waals surface area contributed by atoms with Gasteiger partial charge >= 0.3 is 0 Å². The zero-order chi connectivity index (χ0) is 12.8. The monoisotopic (exact) mass is 255 g/mol. The summed E-state index contributed by atoms with van der Waals surface area (Å²) in [7, 11) is 0. The van der Waals surface area contributed by atoms with Gasteiger partial charge in [0.25, 0.3) is 0 Å². The minimum Gasteiger partial charge on any atom is -0.492 e. The van der Waals surface area contributed by atoms with Crippen LogP contribution >= 0.6 is 11.6 Å². The van der Waals surface area contributed by atoms with Crippen molar-refractivity contribution in [2.24, 2.45) is 5.73 Å². The van der Waals surface area contributed by atoms with Crippen molar-refractivity contribution in [3.05, 3.63) is 28.3 Å². The SMILES string of the molecule is CCOc1cc(C)c(C(CC)CCN)cc1Cl. The first kappa shape index (κ1) is 14.3. The summed E-state index contributed by atoms with van der Waals surface area (Å²) in [4.78, 5) is 0. The van der Waals surface area contributed by atoms with Crippen molar-refractivity contribution in [1.82, 2.24) is 0 Å². The molecule has 1 unspecified atom stereocenters. The molecule has 2 nitrogen and oxygen atoms in total. The Labute approximate surface area is 109 Å². The number of aryl methyl sites for hydroxylation is 1. The molecule has 1 rings (SSSR count). The van der Waals surface area contributed by atoms with Gasteiger partial charge in [-0.2, -0.15) is 0 Å². The van der Waals surface area contributed by atoms with Gasteiger partial charge in [0.1, 0.15) is 5.75 Å². The Hall–Kier alpha value is -0.730. The second kappa shape index (κ2) is 6.87. The van der Waals surface area contributed by atoms with Gasteiger partial charge in [-0.05, 0) is 62.4 Å². The fourth-order valence-electron chi connectivity index (χ4n) is 2.16. The van der Waals surface area contributed by atoms with Crippen molar-refractivity contribution in [2.45, 2.75) is 39.5 Å². The minimum atomic E-state index is 0.494. The van der Waals surface area contributed by atoms with E-state index in [9.17, 15) is 0 Å². The molecule has 0 amide bonds. The summed E-state index contributed by atoms with van der Waals surface area (Å²) in [6.45, 7) is 7.60. The van der Waals surface area contributed by atoms with Gasteiger partial charge < -0.3 is 10.5 Å². The lowest BCUT2D eigenvalue weighted by molar-refractivity contribution is 0.340. The summed E-state index contributed by atoms with van der Waals surface area (Å²) in [5.74, 6) is 1.27. The van der Waals surface area contributed by atoms with E-state index < -0.39 is 0 Å². The molecule has 0 saturated carbocycles. The van der Waals surface area contributed by atoms with Crippen molar-refractivity contribution >= 4 is 11.6 Å². The summed E-state index contributed by atoms with van der Waals surface area (Å²) in [6, 6.07) is 4.06. The van der Waals surface area contributed by atoms with Crippen LogP contribution in [0.1, 0.15) is 43.7 Å². The molecule has 0 bridgehead atoms. The van der Waals surface area contributed by atoms with Crippen molar-refractivity contribution < 1.29 is 4.74 Å². The molecule has 0 aliphatic rings. The largest absolute Gasteiger partial charge is 0.492 e. The van der Waals surface area contributed by atoms with Crippen molar-refractivity contribution in [3.8, 4) is 5.75 Å². The highest BCUT2D eigenvalue weighted by molar-refractivity contribution is 6.32. The van der Waals surface area contributed by atoms with Crippen LogP contribution < -0.4 is 10.5 Å².